The van der Waals surface area contributed by atoms with Crippen molar-refractivity contribution in [3.8, 4) is 11.8 Å². The summed E-state index contributed by atoms with van der Waals surface area (Å²) in [5.74, 6) is 0.0992. The lowest BCUT2D eigenvalue weighted by atomic mass is 9.76. The number of thioether (sulfide) groups is 1. The van der Waals surface area contributed by atoms with Crippen molar-refractivity contribution in [2.75, 3.05) is 22.6 Å². The van der Waals surface area contributed by atoms with E-state index in [1.54, 1.807) is 23.1 Å². The molecule has 1 unspecified atom stereocenters. The molecule has 0 fully saturated rings. The number of benzene rings is 2. The van der Waals surface area contributed by atoms with Gasteiger partial charge in [0.1, 0.15) is 11.6 Å². The number of hydrogen-bond donors (Lipinski definition) is 2. The van der Waals surface area contributed by atoms with Gasteiger partial charge in [-0.1, -0.05) is 58.4 Å². The summed E-state index contributed by atoms with van der Waals surface area (Å²) in [5, 5.41) is 22.7. The molecule has 0 bridgehead atoms. The number of ketones is 1. The fraction of sp³-hybridized carbons (Fsp3) is 0.250. The minimum Gasteiger partial charge on any atom is -0.494 e. The molecular formula is C28H24Cl2N6O3S2. The predicted molar refractivity (Wildman–Crippen MR) is 161 cm³/mol. The third kappa shape index (κ3) is 6.06. The smallest absolute Gasteiger partial charge is 0.234 e. The zero-order valence-corrected chi connectivity index (χ0v) is 25.0. The van der Waals surface area contributed by atoms with Crippen LogP contribution in [0.25, 0.3) is 0 Å². The maximum absolute atomic E-state index is 13.3. The van der Waals surface area contributed by atoms with Crippen molar-refractivity contribution in [1.29, 1.82) is 5.26 Å². The lowest BCUT2D eigenvalue weighted by Gasteiger charge is -2.38. The lowest BCUT2D eigenvalue weighted by Crippen LogP contribution is -2.38. The van der Waals surface area contributed by atoms with Crippen LogP contribution in [0.2, 0.25) is 10.0 Å². The molecule has 1 aliphatic heterocycles. The fourth-order valence-corrected chi connectivity index (χ4v) is 6.95. The van der Waals surface area contributed by atoms with Gasteiger partial charge in [0.2, 0.25) is 11.0 Å². The largest absolute Gasteiger partial charge is 0.494 e. The van der Waals surface area contributed by atoms with Gasteiger partial charge < -0.3 is 15.8 Å². The number of ether oxygens (including phenoxy) is 1. The van der Waals surface area contributed by atoms with Crippen LogP contribution in [0, 0.1) is 11.3 Å². The number of nitrogens with one attached hydrogen (secondary N) is 1. The van der Waals surface area contributed by atoms with Crippen molar-refractivity contribution in [1.82, 2.24) is 10.2 Å². The molecular weight excluding hydrogens is 603 g/mol. The molecule has 2 aromatic carbocycles. The van der Waals surface area contributed by atoms with Crippen molar-refractivity contribution in [2.24, 2.45) is 5.73 Å². The molecule has 1 aromatic heterocycles. The number of carbonyl (C=O) groups excluding carboxylic acids is 2. The second kappa shape index (κ2) is 12.5. The van der Waals surface area contributed by atoms with Gasteiger partial charge in [-0.15, -0.1) is 10.2 Å². The van der Waals surface area contributed by atoms with Gasteiger partial charge in [0.05, 0.1) is 40.6 Å². The van der Waals surface area contributed by atoms with Crippen molar-refractivity contribution < 1.29 is 14.3 Å². The summed E-state index contributed by atoms with van der Waals surface area (Å²) in [4.78, 5) is 27.5. The van der Waals surface area contributed by atoms with E-state index in [-0.39, 0.29) is 28.8 Å². The third-order valence-corrected chi connectivity index (χ3v) is 9.15. The Morgan fingerprint density at radius 1 is 1.24 bits per heavy atom. The van der Waals surface area contributed by atoms with E-state index in [0.29, 0.717) is 62.4 Å². The number of Topliss-reactive ketones (excluding diaryl/α,β-unsaturated/α-hetero) is 1. The molecule has 210 valence electrons. The van der Waals surface area contributed by atoms with Crippen molar-refractivity contribution >= 4 is 68.8 Å². The number of allylic oxidation sites excluding steroid dienone is 3. The number of nitrogens with two attached hydrogens (primary N) is 1. The van der Waals surface area contributed by atoms with Crippen LogP contribution < -0.4 is 20.7 Å². The Balaban J connectivity index is 1.40. The molecule has 1 amide bonds. The van der Waals surface area contributed by atoms with E-state index in [1.807, 2.05) is 31.2 Å². The Kier molecular flexibility index (Phi) is 8.85. The second-order valence-corrected chi connectivity index (χ2v) is 12.2. The van der Waals surface area contributed by atoms with E-state index in [2.05, 4.69) is 21.6 Å². The first kappa shape index (κ1) is 29.0. The maximum Gasteiger partial charge on any atom is 0.234 e. The minimum absolute atomic E-state index is 0.0213. The summed E-state index contributed by atoms with van der Waals surface area (Å²) in [6, 6.07) is 14.5. The Hall–Kier alpha value is -3.56. The lowest BCUT2D eigenvalue weighted by molar-refractivity contribution is -0.116. The number of hydrogen-bond acceptors (Lipinski definition) is 10. The quantitative estimate of drug-likeness (QED) is 0.277. The number of aromatic nitrogens is 2. The fourth-order valence-electron chi connectivity index (χ4n) is 4.82. The summed E-state index contributed by atoms with van der Waals surface area (Å²) >= 11 is 14.5. The van der Waals surface area contributed by atoms with E-state index < -0.39 is 5.92 Å². The zero-order valence-electron chi connectivity index (χ0n) is 21.8. The highest BCUT2D eigenvalue weighted by Gasteiger charge is 2.41. The van der Waals surface area contributed by atoms with E-state index in [9.17, 15) is 14.9 Å². The molecule has 5 rings (SSSR count). The monoisotopic (exact) mass is 626 g/mol. The SMILES string of the molecule is CCOc1ccc(C2C(C#N)=C(N)N(c3nnc(SCC(=O)Nc4ccc(Cl)cc4Cl)s3)C3=C2C(=O)CCC3)cc1. The normalized spacial score (nSPS) is 16.9. The molecule has 1 aliphatic carbocycles. The average molecular weight is 628 g/mol. The van der Waals surface area contributed by atoms with Gasteiger partial charge in [0, 0.05) is 22.7 Å². The first-order chi connectivity index (χ1) is 19.8. The summed E-state index contributed by atoms with van der Waals surface area (Å²) in [5.41, 5.74) is 9.41. The summed E-state index contributed by atoms with van der Waals surface area (Å²) < 4.78 is 6.09. The first-order valence-corrected chi connectivity index (χ1v) is 15.3. The Morgan fingerprint density at radius 2 is 2.02 bits per heavy atom. The van der Waals surface area contributed by atoms with Crippen LogP contribution in [0.4, 0.5) is 10.8 Å². The van der Waals surface area contributed by atoms with Crippen molar-refractivity contribution in [3.05, 3.63) is 80.7 Å². The highest BCUT2D eigenvalue weighted by Crippen LogP contribution is 2.47. The van der Waals surface area contributed by atoms with Crippen LogP contribution in [0.5, 0.6) is 5.75 Å². The van der Waals surface area contributed by atoms with Crippen LogP contribution >= 0.6 is 46.3 Å². The molecule has 3 N–H and O–H groups in total. The highest BCUT2D eigenvalue weighted by atomic mass is 35.5. The number of carbonyl (C=O) groups is 2. The van der Waals surface area contributed by atoms with Crippen LogP contribution in [-0.2, 0) is 9.59 Å². The minimum atomic E-state index is -0.583. The van der Waals surface area contributed by atoms with Crippen LogP contribution in [-0.4, -0.2) is 34.2 Å². The number of rotatable bonds is 8. The molecule has 9 nitrogen and oxygen atoms in total. The van der Waals surface area contributed by atoms with Gasteiger partial charge in [0.15, 0.2) is 10.1 Å². The molecule has 2 aliphatic rings. The summed E-state index contributed by atoms with van der Waals surface area (Å²) in [7, 11) is 0. The summed E-state index contributed by atoms with van der Waals surface area (Å²) in [6.45, 7) is 2.44. The standard InChI is InChI=1S/C28H24Cl2N6O3S2/c1-2-39-17-9-6-15(7-10-17)24-18(13-31)26(32)36(21-4-3-5-22(37)25(21)24)27-34-35-28(41-27)40-14-23(38)33-20-11-8-16(29)12-19(20)30/h6-12,24H,2-5,14,32H2,1H3,(H,33,38). The van der Waals surface area contributed by atoms with Crippen LogP contribution in [0.15, 0.2) is 69.5 Å². The van der Waals surface area contributed by atoms with E-state index in [0.717, 1.165) is 11.3 Å². The number of anilines is 2. The number of amides is 1. The van der Waals surface area contributed by atoms with Gasteiger partial charge in [-0.3, -0.25) is 14.5 Å². The highest BCUT2D eigenvalue weighted by molar-refractivity contribution is 8.01. The topological polar surface area (TPSA) is 134 Å². The van der Waals surface area contributed by atoms with Crippen LogP contribution in [0.1, 0.15) is 37.7 Å². The van der Waals surface area contributed by atoms with Gasteiger partial charge in [-0.05, 0) is 55.7 Å². The number of halogens is 2. The van der Waals surface area contributed by atoms with Crippen molar-refractivity contribution in [2.45, 2.75) is 36.4 Å². The van der Waals surface area contributed by atoms with E-state index in [1.165, 1.54) is 23.1 Å². The first-order valence-electron chi connectivity index (χ1n) is 12.7. The molecule has 2 heterocycles. The van der Waals surface area contributed by atoms with Crippen LogP contribution in [0.3, 0.4) is 0 Å². The number of nitrogens with zero attached hydrogens (tertiary/aromatic N) is 4. The van der Waals surface area contributed by atoms with Gasteiger partial charge >= 0.3 is 0 Å². The summed E-state index contributed by atoms with van der Waals surface area (Å²) in [6.07, 6.45) is 1.65. The molecule has 0 saturated heterocycles. The molecule has 3 aromatic rings. The maximum atomic E-state index is 13.3. The van der Waals surface area contributed by atoms with Gasteiger partial charge in [-0.2, -0.15) is 5.26 Å². The molecule has 41 heavy (non-hydrogen) atoms. The molecule has 1 atom stereocenters. The van der Waals surface area contributed by atoms with Crippen molar-refractivity contribution in [3.63, 3.8) is 0 Å². The van der Waals surface area contributed by atoms with E-state index in [4.69, 9.17) is 33.7 Å². The Labute approximate surface area is 255 Å². The molecule has 0 spiro atoms. The zero-order chi connectivity index (χ0) is 29.1. The predicted octanol–water partition coefficient (Wildman–Crippen LogP) is 6.28. The number of nitriles is 1. The molecule has 13 heteroatoms. The molecule has 0 radical (unpaired) electrons. The Morgan fingerprint density at radius 3 is 2.73 bits per heavy atom. The third-order valence-electron chi connectivity index (χ3n) is 6.56. The molecule has 0 saturated carbocycles. The van der Waals surface area contributed by atoms with Gasteiger partial charge in [-0.25, -0.2) is 0 Å². The van der Waals surface area contributed by atoms with Gasteiger partial charge in [0.25, 0.3) is 0 Å². The average Bonchev–Trinajstić information content (AvgIpc) is 3.42. The van der Waals surface area contributed by atoms with E-state index >= 15 is 0 Å². The Bertz CT molecular complexity index is 1610. The second-order valence-electron chi connectivity index (χ2n) is 9.13.